The minimum Gasteiger partial charge on any atom is -0.494 e. The van der Waals surface area contributed by atoms with Gasteiger partial charge in [-0.3, -0.25) is 9.59 Å². The molecule has 24 heavy (non-hydrogen) atoms. The van der Waals surface area contributed by atoms with E-state index in [2.05, 4.69) is 0 Å². The van der Waals surface area contributed by atoms with E-state index in [1.165, 1.54) is 4.90 Å². The summed E-state index contributed by atoms with van der Waals surface area (Å²) in [6, 6.07) is 7.11. The molecule has 1 aromatic carbocycles. The van der Waals surface area contributed by atoms with E-state index < -0.39 is 12.1 Å². The average molecular weight is 344 g/mol. The molecular formula is C16H19F3N2O3. The summed E-state index contributed by atoms with van der Waals surface area (Å²) < 4.78 is 42.5. The number of carbonyl (C=O) groups excluding carboxylic acids is 2. The number of rotatable bonds is 4. The number of hydrogen-bond acceptors (Lipinski definition) is 3. The predicted molar refractivity (Wildman–Crippen MR) is 80.5 cm³/mol. The van der Waals surface area contributed by atoms with Crippen LogP contribution in [-0.4, -0.2) is 60.6 Å². The molecule has 8 heteroatoms. The third kappa shape index (κ3) is 4.62. The Bertz CT molecular complexity index is 579. The highest BCUT2D eigenvalue weighted by atomic mass is 19.4. The van der Waals surface area contributed by atoms with E-state index >= 15 is 0 Å². The lowest BCUT2D eigenvalue weighted by Crippen LogP contribution is -2.53. The maximum atomic E-state index is 12.4. The third-order valence-corrected chi connectivity index (χ3v) is 3.75. The molecule has 2 amide bonds. The maximum Gasteiger partial charge on any atom is 0.471 e. The minimum atomic E-state index is -4.87. The van der Waals surface area contributed by atoms with Gasteiger partial charge in [0.2, 0.25) is 5.91 Å². The molecule has 0 aromatic heterocycles. The first-order valence-corrected chi connectivity index (χ1v) is 7.67. The SMILES string of the molecule is CCOc1ccc(CC(=O)N2CCN(C(=O)C(F)(F)F)CC2)cc1. The Morgan fingerprint density at radius 1 is 1.04 bits per heavy atom. The summed E-state index contributed by atoms with van der Waals surface area (Å²) in [5, 5.41) is 0. The minimum absolute atomic E-state index is 0.104. The fourth-order valence-electron chi connectivity index (χ4n) is 2.49. The normalized spacial score (nSPS) is 15.3. The molecule has 1 saturated heterocycles. The quantitative estimate of drug-likeness (QED) is 0.838. The standard InChI is InChI=1S/C16H19F3N2O3/c1-2-24-13-5-3-12(4-6-13)11-14(22)20-7-9-21(10-8-20)15(23)16(17,18)19/h3-6H,2,7-11H2,1H3. The first-order valence-electron chi connectivity index (χ1n) is 7.67. The second-order valence-corrected chi connectivity index (χ2v) is 5.42. The lowest BCUT2D eigenvalue weighted by atomic mass is 10.1. The lowest BCUT2D eigenvalue weighted by molar-refractivity contribution is -0.187. The molecule has 1 heterocycles. The van der Waals surface area contributed by atoms with Gasteiger partial charge in [-0.1, -0.05) is 12.1 Å². The van der Waals surface area contributed by atoms with Gasteiger partial charge in [0.1, 0.15) is 5.75 Å². The Labute approximate surface area is 138 Å². The summed E-state index contributed by atoms with van der Waals surface area (Å²) in [6.07, 6.45) is -4.70. The van der Waals surface area contributed by atoms with Crippen molar-refractivity contribution >= 4 is 11.8 Å². The van der Waals surface area contributed by atoms with Crippen molar-refractivity contribution in [2.24, 2.45) is 0 Å². The van der Waals surface area contributed by atoms with Crippen LogP contribution in [0.3, 0.4) is 0 Å². The van der Waals surface area contributed by atoms with Gasteiger partial charge >= 0.3 is 12.1 Å². The van der Waals surface area contributed by atoms with Gasteiger partial charge in [-0.15, -0.1) is 0 Å². The summed E-state index contributed by atoms with van der Waals surface area (Å²) in [5.74, 6) is -1.30. The van der Waals surface area contributed by atoms with Gasteiger partial charge in [-0.2, -0.15) is 13.2 Å². The molecule has 0 radical (unpaired) electrons. The Kier molecular flexibility index (Phi) is 5.69. The van der Waals surface area contributed by atoms with Crippen LogP contribution in [0.4, 0.5) is 13.2 Å². The predicted octanol–water partition coefficient (Wildman–Crippen LogP) is 1.86. The Hall–Kier alpha value is -2.25. The fraction of sp³-hybridized carbons (Fsp3) is 0.500. The van der Waals surface area contributed by atoms with E-state index in [1.54, 1.807) is 24.3 Å². The van der Waals surface area contributed by atoms with E-state index in [4.69, 9.17) is 4.74 Å². The number of ether oxygens (including phenoxy) is 1. The van der Waals surface area contributed by atoms with Crippen LogP contribution >= 0.6 is 0 Å². The molecule has 0 aliphatic carbocycles. The monoisotopic (exact) mass is 344 g/mol. The molecule has 1 aliphatic rings. The van der Waals surface area contributed by atoms with Crippen LogP contribution in [0, 0.1) is 0 Å². The van der Waals surface area contributed by atoms with Crippen molar-refractivity contribution in [3.63, 3.8) is 0 Å². The van der Waals surface area contributed by atoms with Crippen molar-refractivity contribution < 1.29 is 27.5 Å². The topological polar surface area (TPSA) is 49.9 Å². The lowest BCUT2D eigenvalue weighted by Gasteiger charge is -2.35. The van der Waals surface area contributed by atoms with Crippen LogP contribution in [0.25, 0.3) is 0 Å². The highest BCUT2D eigenvalue weighted by molar-refractivity contribution is 5.83. The first kappa shape index (κ1) is 18.1. The van der Waals surface area contributed by atoms with Crippen LogP contribution in [-0.2, 0) is 16.0 Å². The van der Waals surface area contributed by atoms with Gasteiger partial charge in [-0.25, -0.2) is 0 Å². The van der Waals surface area contributed by atoms with Gasteiger partial charge in [0.05, 0.1) is 13.0 Å². The second kappa shape index (κ2) is 7.55. The van der Waals surface area contributed by atoms with Crippen molar-refractivity contribution in [1.29, 1.82) is 0 Å². The van der Waals surface area contributed by atoms with E-state index in [0.717, 1.165) is 10.5 Å². The largest absolute Gasteiger partial charge is 0.494 e. The molecule has 1 aliphatic heterocycles. The zero-order valence-electron chi connectivity index (χ0n) is 13.3. The van der Waals surface area contributed by atoms with E-state index in [9.17, 15) is 22.8 Å². The number of halogens is 3. The molecule has 0 N–H and O–H groups in total. The van der Waals surface area contributed by atoms with Gasteiger partial charge < -0.3 is 14.5 Å². The van der Waals surface area contributed by atoms with E-state index in [0.29, 0.717) is 12.4 Å². The van der Waals surface area contributed by atoms with E-state index in [1.807, 2.05) is 6.92 Å². The molecule has 132 valence electrons. The molecule has 1 fully saturated rings. The van der Waals surface area contributed by atoms with Crippen LogP contribution < -0.4 is 4.74 Å². The molecular weight excluding hydrogens is 325 g/mol. The van der Waals surface area contributed by atoms with Crippen LogP contribution in [0.15, 0.2) is 24.3 Å². The number of benzene rings is 1. The number of amides is 2. The van der Waals surface area contributed by atoms with Crippen molar-refractivity contribution in [3.05, 3.63) is 29.8 Å². The molecule has 0 saturated carbocycles. The zero-order valence-corrected chi connectivity index (χ0v) is 13.3. The average Bonchev–Trinajstić information content (AvgIpc) is 2.55. The molecule has 0 atom stereocenters. The zero-order chi connectivity index (χ0) is 17.7. The Balaban J connectivity index is 1.85. The summed E-state index contributed by atoms with van der Waals surface area (Å²) in [4.78, 5) is 25.6. The molecule has 0 spiro atoms. The van der Waals surface area contributed by atoms with Crippen molar-refractivity contribution in [2.45, 2.75) is 19.5 Å². The van der Waals surface area contributed by atoms with Gasteiger partial charge in [0, 0.05) is 26.2 Å². The number of hydrogen-bond donors (Lipinski definition) is 0. The number of nitrogens with zero attached hydrogens (tertiary/aromatic N) is 2. The van der Waals surface area contributed by atoms with Crippen molar-refractivity contribution in [3.8, 4) is 5.75 Å². The van der Waals surface area contributed by atoms with E-state index in [-0.39, 0.29) is 38.5 Å². The fourth-order valence-corrected chi connectivity index (χ4v) is 2.49. The van der Waals surface area contributed by atoms with Crippen LogP contribution in [0.5, 0.6) is 5.75 Å². The van der Waals surface area contributed by atoms with Gasteiger partial charge in [-0.05, 0) is 24.6 Å². The molecule has 5 nitrogen and oxygen atoms in total. The third-order valence-electron chi connectivity index (χ3n) is 3.75. The molecule has 0 unspecified atom stereocenters. The number of carbonyl (C=O) groups is 2. The maximum absolute atomic E-state index is 12.4. The second-order valence-electron chi connectivity index (χ2n) is 5.42. The number of piperazine rings is 1. The molecule has 0 bridgehead atoms. The summed E-state index contributed by atoms with van der Waals surface area (Å²) in [6.45, 7) is 2.44. The van der Waals surface area contributed by atoms with Crippen LogP contribution in [0.2, 0.25) is 0 Å². The van der Waals surface area contributed by atoms with Crippen molar-refractivity contribution in [1.82, 2.24) is 9.80 Å². The summed E-state index contributed by atoms with van der Waals surface area (Å²) in [7, 11) is 0. The Morgan fingerprint density at radius 2 is 1.58 bits per heavy atom. The highest BCUT2D eigenvalue weighted by Gasteiger charge is 2.43. The van der Waals surface area contributed by atoms with Crippen molar-refractivity contribution in [2.75, 3.05) is 32.8 Å². The van der Waals surface area contributed by atoms with Gasteiger partial charge in [0.25, 0.3) is 0 Å². The smallest absolute Gasteiger partial charge is 0.471 e. The molecule has 2 rings (SSSR count). The molecule has 1 aromatic rings. The Morgan fingerprint density at radius 3 is 2.08 bits per heavy atom. The number of alkyl halides is 3. The summed E-state index contributed by atoms with van der Waals surface area (Å²) >= 11 is 0. The van der Waals surface area contributed by atoms with Crippen LogP contribution in [0.1, 0.15) is 12.5 Å². The van der Waals surface area contributed by atoms with Gasteiger partial charge in [0.15, 0.2) is 0 Å². The first-order chi connectivity index (χ1) is 11.3. The summed E-state index contributed by atoms with van der Waals surface area (Å²) in [5.41, 5.74) is 0.803. The highest BCUT2D eigenvalue weighted by Crippen LogP contribution is 2.20.